The summed E-state index contributed by atoms with van der Waals surface area (Å²) in [6, 6.07) is 9.89. The summed E-state index contributed by atoms with van der Waals surface area (Å²) in [5.74, 6) is -0.131. The molecule has 0 aliphatic carbocycles. The van der Waals surface area contributed by atoms with E-state index in [-0.39, 0.29) is 17.9 Å². The van der Waals surface area contributed by atoms with Crippen LogP contribution in [0.25, 0.3) is 0 Å². The number of anilines is 1. The predicted molar refractivity (Wildman–Crippen MR) is 93.9 cm³/mol. The third-order valence-electron chi connectivity index (χ3n) is 4.49. The molecule has 0 spiro atoms. The quantitative estimate of drug-likeness (QED) is 0.882. The molecule has 0 unspecified atom stereocenters. The van der Waals surface area contributed by atoms with E-state index in [1.165, 1.54) is 6.42 Å². The topological polar surface area (TPSA) is 56.2 Å². The maximum absolute atomic E-state index is 12.6. The van der Waals surface area contributed by atoms with E-state index in [1.807, 2.05) is 48.1 Å². The van der Waals surface area contributed by atoms with E-state index in [2.05, 4.69) is 10.4 Å². The number of ether oxygens (including phenoxy) is 1. The van der Waals surface area contributed by atoms with Crippen LogP contribution in [0.3, 0.4) is 0 Å². The third kappa shape index (κ3) is 4.23. The lowest BCUT2D eigenvalue weighted by atomic mass is 9.96. The molecule has 1 aromatic heterocycles. The van der Waals surface area contributed by atoms with Gasteiger partial charge in [-0.2, -0.15) is 5.10 Å². The summed E-state index contributed by atoms with van der Waals surface area (Å²) in [5, 5.41) is 7.33. The van der Waals surface area contributed by atoms with Gasteiger partial charge >= 0.3 is 0 Å². The Morgan fingerprint density at radius 1 is 1.38 bits per heavy atom. The maximum atomic E-state index is 12.6. The second kappa shape index (κ2) is 8.11. The molecule has 0 radical (unpaired) electrons. The second-order valence-corrected chi connectivity index (χ2v) is 6.30. The van der Waals surface area contributed by atoms with Crippen LogP contribution in [0.4, 0.5) is 5.69 Å². The maximum Gasteiger partial charge on any atom is 0.231 e. The van der Waals surface area contributed by atoms with Crippen molar-refractivity contribution >= 4 is 11.6 Å². The largest absolute Gasteiger partial charge is 0.376 e. The molecule has 2 aromatic rings. The lowest BCUT2D eigenvalue weighted by Crippen LogP contribution is -2.24. The molecule has 1 aliphatic rings. The Morgan fingerprint density at radius 2 is 2.21 bits per heavy atom. The van der Waals surface area contributed by atoms with Gasteiger partial charge in [-0.15, -0.1) is 0 Å². The zero-order valence-electron chi connectivity index (χ0n) is 14.1. The first-order valence-electron chi connectivity index (χ1n) is 8.76. The molecule has 1 aliphatic heterocycles. The highest BCUT2D eigenvalue weighted by molar-refractivity contribution is 5.95. The van der Waals surface area contributed by atoms with Crippen molar-refractivity contribution in [3.8, 4) is 0 Å². The van der Waals surface area contributed by atoms with Gasteiger partial charge in [0.2, 0.25) is 5.91 Å². The van der Waals surface area contributed by atoms with Crippen LogP contribution in [0.15, 0.2) is 42.7 Å². The molecule has 5 nitrogen and oxygen atoms in total. The number of carbonyl (C=O) groups is 1. The second-order valence-electron chi connectivity index (χ2n) is 6.30. The smallest absolute Gasteiger partial charge is 0.231 e. The van der Waals surface area contributed by atoms with Gasteiger partial charge in [0.05, 0.1) is 30.5 Å². The molecule has 1 N–H and O–H groups in total. The van der Waals surface area contributed by atoms with Gasteiger partial charge in [0, 0.05) is 12.8 Å². The van der Waals surface area contributed by atoms with E-state index >= 15 is 0 Å². The van der Waals surface area contributed by atoms with Crippen LogP contribution in [0.5, 0.6) is 0 Å². The van der Waals surface area contributed by atoms with Crippen molar-refractivity contribution in [3.05, 3.63) is 48.3 Å². The first kappa shape index (κ1) is 16.7. The number of amides is 1. The van der Waals surface area contributed by atoms with Gasteiger partial charge in [-0.3, -0.25) is 9.48 Å². The van der Waals surface area contributed by atoms with Crippen LogP contribution >= 0.6 is 0 Å². The fraction of sp³-hybridized carbons (Fsp3) is 0.474. The van der Waals surface area contributed by atoms with Crippen LogP contribution in [0, 0.1) is 0 Å². The molecule has 128 valence electrons. The van der Waals surface area contributed by atoms with Crippen molar-refractivity contribution in [3.63, 3.8) is 0 Å². The van der Waals surface area contributed by atoms with E-state index in [9.17, 15) is 4.79 Å². The van der Waals surface area contributed by atoms with E-state index in [0.717, 1.165) is 43.7 Å². The zero-order chi connectivity index (χ0) is 16.8. The van der Waals surface area contributed by atoms with Crippen LogP contribution in [0.1, 0.15) is 44.1 Å². The summed E-state index contributed by atoms with van der Waals surface area (Å²) in [7, 11) is 0. The number of nitrogens with zero attached hydrogens (tertiary/aromatic N) is 2. The molecule has 0 bridgehead atoms. The van der Waals surface area contributed by atoms with Crippen molar-refractivity contribution in [1.29, 1.82) is 0 Å². The number of hydrogen-bond donors (Lipinski definition) is 1. The van der Waals surface area contributed by atoms with Gasteiger partial charge < -0.3 is 10.1 Å². The molecule has 0 saturated carbocycles. The molecule has 1 fully saturated rings. The average molecular weight is 327 g/mol. The lowest BCUT2D eigenvalue weighted by Gasteiger charge is -2.22. The summed E-state index contributed by atoms with van der Waals surface area (Å²) in [5.41, 5.74) is 1.78. The van der Waals surface area contributed by atoms with Crippen molar-refractivity contribution in [2.24, 2.45) is 0 Å². The van der Waals surface area contributed by atoms with Gasteiger partial charge in [0.1, 0.15) is 0 Å². The van der Waals surface area contributed by atoms with E-state index in [1.54, 1.807) is 6.20 Å². The molecule has 24 heavy (non-hydrogen) atoms. The lowest BCUT2D eigenvalue weighted by molar-refractivity contribution is -0.117. The van der Waals surface area contributed by atoms with E-state index < -0.39 is 0 Å². The summed E-state index contributed by atoms with van der Waals surface area (Å²) in [6.07, 6.45) is 8.02. The van der Waals surface area contributed by atoms with Crippen molar-refractivity contribution in [1.82, 2.24) is 9.78 Å². The minimum Gasteiger partial charge on any atom is -0.376 e. The number of nitrogens with one attached hydrogen (secondary N) is 1. The molecule has 2 heterocycles. The highest BCUT2D eigenvalue weighted by Crippen LogP contribution is 2.21. The molecule has 1 saturated heterocycles. The first-order chi connectivity index (χ1) is 11.8. The first-order valence-corrected chi connectivity index (χ1v) is 8.76. The number of rotatable bonds is 6. The van der Waals surface area contributed by atoms with E-state index in [4.69, 9.17) is 4.74 Å². The fourth-order valence-electron chi connectivity index (χ4n) is 3.18. The van der Waals surface area contributed by atoms with Gasteiger partial charge in [-0.25, -0.2) is 0 Å². The van der Waals surface area contributed by atoms with Crippen LogP contribution < -0.4 is 5.32 Å². The van der Waals surface area contributed by atoms with Crippen molar-refractivity contribution in [2.45, 2.75) is 51.2 Å². The monoisotopic (exact) mass is 327 g/mol. The molecule has 1 aromatic carbocycles. The summed E-state index contributed by atoms with van der Waals surface area (Å²) in [4.78, 5) is 12.6. The number of aromatic nitrogens is 2. The number of hydrogen-bond acceptors (Lipinski definition) is 3. The standard InChI is InChI=1S/C19H25N3O2/c1-2-18(15-8-4-3-5-9-15)19(23)21-16-12-20-22(13-16)14-17-10-6-7-11-24-17/h3-5,8-9,12-13,17-18H,2,6-7,10-11,14H2,1H3,(H,21,23)/t17-,18+/m0/s1. The molecular weight excluding hydrogens is 302 g/mol. The van der Waals surface area contributed by atoms with Crippen molar-refractivity contribution in [2.75, 3.05) is 11.9 Å². The van der Waals surface area contributed by atoms with Gasteiger partial charge in [0.25, 0.3) is 0 Å². The average Bonchev–Trinajstić information content (AvgIpc) is 3.04. The predicted octanol–water partition coefficient (Wildman–Crippen LogP) is 3.58. The molecule has 3 rings (SSSR count). The highest BCUT2D eigenvalue weighted by atomic mass is 16.5. The van der Waals surface area contributed by atoms with Crippen molar-refractivity contribution < 1.29 is 9.53 Å². The van der Waals surface area contributed by atoms with Gasteiger partial charge in [0.15, 0.2) is 0 Å². The minimum absolute atomic E-state index is 0.0113. The summed E-state index contributed by atoms with van der Waals surface area (Å²) in [6.45, 7) is 3.61. The molecule has 5 heteroatoms. The Hall–Kier alpha value is -2.14. The number of benzene rings is 1. The minimum atomic E-state index is -0.142. The van der Waals surface area contributed by atoms with Gasteiger partial charge in [-0.1, -0.05) is 37.3 Å². The Kier molecular flexibility index (Phi) is 5.64. The Labute approximate surface area is 143 Å². The normalized spacial score (nSPS) is 19.0. The molecular formula is C19H25N3O2. The van der Waals surface area contributed by atoms with Gasteiger partial charge in [-0.05, 0) is 31.2 Å². The Balaban J connectivity index is 1.60. The molecule has 1 amide bonds. The van der Waals surface area contributed by atoms with Crippen LogP contribution in [-0.2, 0) is 16.1 Å². The summed E-state index contributed by atoms with van der Waals surface area (Å²) >= 11 is 0. The van der Waals surface area contributed by atoms with Crippen LogP contribution in [0.2, 0.25) is 0 Å². The Morgan fingerprint density at radius 3 is 2.92 bits per heavy atom. The SMILES string of the molecule is CC[C@@H](C(=O)Nc1cnn(C[C@@H]2CCCCO2)c1)c1ccccc1. The third-order valence-corrected chi connectivity index (χ3v) is 4.49. The Bertz CT molecular complexity index is 648. The summed E-state index contributed by atoms with van der Waals surface area (Å²) < 4.78 is 7.59. The number of carbonyl (C=O) groups excluding carboxylic acids is 1. The molecule has 2 atom stereocenters. The van der Waals surface area contributed by atoms with Crippen LogP contribution in [-0.4, -0.2) is 28.4 Å². The fourth-order valence-corrected chi connectivity index (χ4v) is 3.18. The highest BCUT2D eigenvalue weighted by Gasteiger charge is 2.19. The zero-order valence-corrected chi connectivity index (χ0v) is 14.1. The van der Waals surface area contributed by atoms with E-state index in [0.29, 0.717) is 0 Å².